The van der Waals surface area contributed by atoms with Crippen LogP contribution in [0.4, 0.5) is 11.4 Å². The molecule has 1 amide bonds. The van der Waals surface area contributed by atoms with E-state index in [1.807, 2.05) is 6.07 Å². The van der Waals surface area contributed by atoms with E-state index in [1.165, 1.54) is 23.1 Å². The number of rotatable bonds is 5. The van der Waals surface area contributed by atoms with Gasteiger partial charge in [0.1, 0.15) is 5.02 Å². The number of H-pyrrole nitrogens is 1. The molecule has 7 nitrogen and oxygen atoms in total. The molecule has 0 radical (unpaired) electrons. The average Bonchev–Trinajstić information content (AvgIpc) is 3.14. The standard InChI is InChI=1S/C21H21ClN4O3/c22-18-6-5-15(11-20(18)26(28)29)24-21(27)13-25-9-7-14(8-10-25)17-12-23-19-4-2-1-3-16(17)19/h1-6,11-12,14,23H,7-10,13H2,(H,24,27). The molecule has 1 saturated heterocycles. The Kier molecular flexibility index (Phi) is 5.51. The van der Waals surface area contributed by atoms with Gasteiger partial charge < -0.3 is 10.3 Å². The number of hydrogen-bond donors (Lipinski definition) is 2. The number of amides is 1. The summed E-state index contributed by atoms with van der Waals surface area (Å²) in [5.41, 5.74) is 2.66. The average molecular weight is 413 g/mol. The molecule has 1 fully saturated rings. The predicted molar refractivity (Wildman–Crippen MR) is 113 cm³/mol. The van der Waals surface area contributed by atoms with E-state index < -0.39 is 4.92 Å². The number of halogens is 1. The van der Waals surface area contributed by atoms with Gasteiger partial charge in [0.25, 0.3) is 5.69 Å². The number of aromatic nitrogens is 1. The molecule has 2 N–H and O–H groups in total. The van der Waals surface area contributed by atoms with Gasteiger partial charge in [-0.2, -0.15) is 0 Å². The van der Waals surface area contributed by atoms with E-state index in [-0.39, 0.29) is 23.2 Å². The number of likely N-dealkylation sites (tertiary alicyclic amines) is 1. The maximum Gasteiger partial charge on any atom is 0.289 e. The van der Waals surface area contributed by atoms with E-state index in [0.717, 1.165) is 31.4 Å². The van der Waals surface area contributed by atoms with E-state index in [9.17, 15) is 14.9 Å². The Labute approximate surface area is 172 Å². The van der Waals surface area contributed by atoms with Gasteiger partial charge in [-0.25, -0.2) is 0 Å². The SMILES string of the molecule is O=C(CN1CCC(c2c[nH]c3ccccc23)CC1)Nc1ccc(Cl)c([N+](=O)[O-])c1. The summed E-state index contributed by atoms with van der Waals surface area (Å²) in [6, 6.07) is 12.6. The maximum absolute atomic E-state index is 12.4. The number of carbonyl (C=O) groups is 1. The van der Waals surface area contributed by atoms with Crippen molar-refractivity contribution < 1.29 is 9.72 Å². The molecule has 0 unspecified atom stereocenters. The van der Waals surface area contributed by atoms with Gasteiger partial charge in [-0.3, -0.25) is 19.8 Å². The Morgan fingerprint density at radius 3 is 2.76 bits per heavy atom. The van der Waals surface area contributed by atoms with Gasteiger partial charge in [0.15, 0.2) is 0 Å². The third-order valence-corrected chi connectivity index (χ3v) is 5.76. The van der Waals surface area contributed by atoms with Crippen molar-refractivity contribution in [1.29, 1.82) is 0 Å². The summed E-state index contributed by atoms with van der Waals surface area (Å²) in [5, 5.41) is 15.0. The molecule has 0 bridgehead atoms. The third kappa shape index (κ3) is 4.26. The number of piperidine rings is 1. The molecular formula is C21H21ClN4O3. The van der Waals surface area contributed by atoms with E-state index in [0.29, 0.717) is 11.6 Å². The first kappa shape index (κ1) is 19.4. The van der Waals surface area contributed by atoms with Gasteiger partial charge in [0.05, 0.1) is 11.5 Å². The van der Waals surface area contributed by atoms with Crippen molar-refractivity contribution in [2.75, 3.05) is 25.0 Å². The second-order valence-corrected chi connectivity index (χ2v) is 7.72. The predicted octanol–water partition coefficient (Wildman–Crippen LogP) is 4.55. The second kappa shape index (κ2) is 8.23. The number of fused-ring (bicyclic) bond motifs is 1. The Hall–Kier alpha value is -2.90. The van der Waals surface area contributed by atoms with Crippen LogP contribution in [0.15, 0.2) is 48.7 Å². The van der Waals surface area contributed by atoms with Crippen LogP contribution in [0.5, 0.6) is 0 Å². The van der Waals surface area contributed by atoms with Crippen LogP contribution in [0.3, 0.4) is 0 Å². The Bertz CT molecular complexity index is 1060. The number of para-hydroxylation sites is 1. The first-order chi connectivity index (χ1) is 14.0. The fourth-order valence-corrected chi connectivity index (χ4v) is 4.15. The molecule has 1 aliphatic rings. The molecule has 0 spiro atoms. The molecule has 29 heavy (non-hydrogen) atoms. The van der Waals surface area contributed by atoms with E-state index >= 15 is 0 Å². The zero-order valence-electron chi connectivity index (χ0n) is 15.7. The lowest BCUT2D eigenvalue weighted by Gasteiger charge is -2.31. The monoisotopic (exact) mass is 412 g/mol. The largest absolute Gasteiger partial charge is 0.361 e. The number of hydrogen-bond acceptors (Lipinski definition) is 4. The van der Waals surface area contributed by atoms with Crippen LogP contribution >= 0.6 is 11.6 Å². The van der Waals surface area contributed by atoms with Gasteiger partial charge in [-0.05, 0) is 55.6 Å². The number of nitro groups is 1. The van der Waals surface area contributed by atoms with Crippen LogP contribution in [0.25, 0.3) is 10.9 Å². The minimum atomic E-state index is -0.562. The number of benzene rings is 2. The maximum atomic E-state index is 12.4. The van der Waals surface area contributed by atoms with Gasteiger partial charge in [-0.15, -0.1) is 0 Å². The van der Waals surface area contributed by atoms with Crippen molar-refractivity contribution in [1.82, 2.24) is 9.88 Å². The van der Waals surface area contributed by atoms with E-state index in [2.05, 4.69) is 39.6 Å². The zero-order chi connectivity index (χ0) is 20.4. The van der Waals surface area contributed by atoms with Crippen LogP contribution in [-0.4, -0.2) is 40.3 Å². The summed E-state index contributed by atoms with van der Waals surface area (Å²) < 4.78 is 0. The van der Waals surface area contributed by atoms with Crippen molar-refractivity contribution in [2.24, 2.45) is 0 Å². The molecule has 1 aliphatic heterocycles. The van der Waals surface area contributed by atoms with E-state index in [4.69, 9.17) is 11.6 Å². The summed E-state index contributed by atoms with van der Waals surface area (Å²) in [6.07, 6.45) is 4.08. The lowest BCUT2D eigenvalue weighted by molar-refractivity contribution is -0.384. The van der Waals surface area contributed by atoms with Gasteiger partial charge in [0.2, 0.25) is 5.91 Å². The lowest BCUT2D eigenvalue weighted by Crippen LogP contribution is -2.38. The molecular weight excluding hydrogens is 392 g/mol. The van der Waals surface area contributed by atoms with Crippen LogP contribution < -0.4 is 5.32 Å². The van der Waals surface area contributed by atoms with Crippen LogP contribution in [0.2, 0.25) is 5.02 Å². The summed E-state index contributed by atoms with van der Waals surface area (Å²) in [5.74, 6) is 0.288. The Morgan fingerprint density at radius 2 is 2.00 bits per heavy atom. The molecule has 0 saturated carbocycles. The fourth-order valence-electron chi connectivity index (χ4n) is 3.97. The highest BCUT2D eigenvalue weighted by atomic mass is 35.5. The normalized spacial score (nSPS) is 15.5. The number of nitro benzene ring substituents is 1. The molecule has 4 rings (SSSR count). The molecule has 2 heterocycles. The highest BCUT2D eigenvalue weighted by Gasteiger charge is 2.24. The topological polar surface area (TPSA) is 91.3 Å². The molecule has 8 heteroatoms. The third-order valence-electron chi connectivity index (χ3n) is 5.44. The first-order valence-corrected chi connectivity index (χ1v) is 9.91. The number of nitrogens with zero attached hydrogens (tertiary/aromatic N) is 2. The molecule has 150 valence electrons. The lowest BCUT2D eigenvalue weighted by atomic mass is 9.89. The summed E-state index contributed by atoms with van der Waals surface area (Å²) in [4.78, 5) is 28.2. The van der Waals surface area contributed by atoms with Crippen molar-refractivity contribution in [3.8, 4) is 0 Å². The second-order valence-electron chi connectivity index (χ2n) is 7.31. The number of aromatic amines is 1. The van der Waals surface area contributed by atoms with Crippen LogP contribution in [0, 0.1) is 10.1 Å². The van der Waals surface area contributed by atoms with Crippen molar-refractivity contribution in [2.45, 2.75) is 18.8 Å². The van der Waals surface area contributed by atoms with Gasteiger partial charge in [-0.1, -0.05) is 29.8 Å². The van der Waals surface area contributed by atoms with Crippen LogP contribution in [0.1, 0.15) is 24.3 Å². The quantitative estimate of drug-likeness (QED) is 0.475. The van der Waals surface area contributed by atoms with Crippen molar-refractivity contribution in [3.05, 3.63) is 69.4 Å². The number of carbonyl (C=O) groups excluding carboxylic acids is 1. The molecule has 3 aromatic rings. The summed E-state index contributed by atoms with van der Waals surface area (Å²) >= 11 is 5.81. The Balaban J connectivity index is 1.33. The fraction of sp³-hybridized carbons (Fsp3) is 0.286. The molecule has 0 aliphatic carbocycles. The highest BCUT2D eigenvalue weighted by Crippen LogP contribution is 2.33. The smallest absolute Gasteiger partial charge is 0.289 e. The number of nitrogens with one attached hydrogen (secondary N) is 2. The Morgan fingerprint density at radius 1 is 1.24 bits per heavy atom. The van der Waals surface area contributed by atoms with Crippen LogP contribution in [-0.2, 0) is 4.79 Å². The first-order valence-electron chi connectivity index (χ1n) is 9.53. The van der Waals surface area contributed by atoms with Crippen molar-refractivity contribution >= 4 is 39.8 Å². The molecule has 1 aromatic heterocycles. The van der Waals surface area contributed by atoms with Gasteiger partial charge in [0, 0.05) is 28.9 Å². The minimum Gasteiger partial charge on any atom is -0.361 e. The number of anilines is 1. The van der Waals surface area contributed by atoms with E-state index in [1.54, 1.807) is 6.07 Å². The highest BCUT2D eigenvalue weighted by molar-refractivity contribution is 6.32. The molecule has 0 atom stereocenters. The zero-order valence-corrected chi connectivity index (χ0v) is 16.5. The summed E-state index contributed by atoms with van der Waals surface area (Å²) in [6.45, 7) is 1.92. The van der Waals surface area contributed by atoms with Gasteiger partial charge >= 0.3 is 0 Å². The minimum absolute atomic E-state index is 0.0485. The van der Waals surface area contributed by atoms with Crippen molar-refractivity contribution in [3.63, 3.8) is 0 Å². The summed E-state index contributed by atoms with van der Waals surface area (Å²) in [7, 11) is 0. The molecule has 2 aromatic carbocycles.